The Labute approximate surface area is 295 Å². The molecule has 0 radical (unpaired) electrons. The summed E-state index contributed by atoms with van der Waals surface area (Å²) in [5.74, 6) is -0.303. The largest absolute Gasteiger partial charge is 0.481 e. The molecule has 0 spiro atoms. The SMILES string of the molecule is CCCCCCCCCCCCCCCCCC(=O)O.CCC[C@@H]1C[C@@H](C(=O)N[C@@H]([C@H]2O[C@H](SC)[C@H](O)[C@@H](O)[C@H]2O)[C@H](C)Cl)N(C)C1. The quantitative estimate of drug-likeness (QED) is 0.0578. The topological polar surface area (TPSA) is 140 Å². The Morgan fingerprint density at radius 1 is 0.851 bits per heavy atom. The second kappa shape index (κ2) is 26.2. The Hall–Kier alpha value is -0.620. The monoisotopic (exact) mass is 708 g/mol. The number of unbranched alkanes of at least 4 members (excludes halogenated alkanes) is 14. The molecule has 2 aliphatic heterocycles. The van der Waals surface area contributed by atoms with E-state index < -0.39 is 47.2 Å². The minimum atomic E-state index is -1.36. The first kappa shape index (κ1) is 44.4. The predicted molar refractivity (Wildman–Crippen MR) is 194 cm³/mol. The van der Waals surface area contributed by atoms with Gasteiger partial charge in [0.1, 0.15) is 29.9 Å². The summed E-state index contributed by atoms with van der Waals surface area (Å²) in [5, 5.41) is 41.5. The molecular weight excluding hydrogens is 640 g/mol. The van der Waals surface area contributed by atoms with Crippen LogP contribution in [0.3, 0.4) is 0 Å². The van der Waals surface area contributed by atoms with Crippen molar-refractivity contribution < 1.29 is 34.8 Å². The maximum absolute atomic E-state index is 12.9. The number of aliphatic carboxylic acids is 1. The number of aliphatic hydroxyl groups is 3. The zero-order valence-corrected chi connectivity index (χ0v) is 31.7. The van der Waals surface area contributed by atoms with Crippen LogP contribution in [0, 0.1) is 5.92 Å². The van der Waals surface area contributed by atoms with Crippen LogP contribution in [0.2, 0.25) is 0 Å². The van der Waals surface area contributed by atoms with Gasteiger partial charge in [-0.25, -0.2) is 0 Å². The van der Waals surface area contributed by atoms with Crippen LogP contribution in [0.4, 0.5) is 0 Å². The van der Waals surface area contributed by atoms with Crippen molar-refractivity contribution in [2.75, 3.05) is 19.8 Å². The van der Waals surface area contributed by atoms with Crippen LogP contribution in [-0.4, -0.2) is 104 Å². The number of thioether (sulfide) groups is 1. The van der Waals surface area contributed by atoms with Crippen molar-refractivity contribution in [1.29, 1.82) is 0 Å². The van der Waals surface area contributed by atoms with Crippen LogP contribution in [0.1, 0.15) is 143 Å². The minimum absolute atomic E-state index is 0.147. The summed E-state index contributed by atoms with van der Waals surface area (Å²) < 4.78 is 5.79. The predicted octanol–water partition coefficient (Wildman–Crippen LogP) is 6.72. The van der Waals surface area contributed by atoms with Gasteiger partial charge < -0.3 is 30.5 Å². The molecule has 9 nitrogen and oxygen atoms in total. The number of hydrogen-bond donors (Lipinski definition) is 5. The number of carbonyl (C=O) groups excluding carboxylic acids is 1. The number of carboxylic acid groups (broad SMARTS) is 1. The van der Waals surface area contributed by atoms with Gasteiger partial charge in [0.25, 0.3) is 0 Å². The molecule has 0 aromatic heterocycles. The zero-order chi connectivity index (χ0) is 35.2. The lowest BCUT2D eigenvalue weighted by Crippen LogP contribution is -2.65. The molecule has 2 aliphatic rings. The van der Waals surface area contributed by atoms with Crippen molar-refractivity contribution in [2.24, 2.45) is 5.92 Å². The molecule has 0 unspecified atom stereocenters. The van der Waals surface area contributed by atoms with Gasteiger partial charge in [-0.3, -0.25) is 14.5 Å². The van der Waals surface area contributed by atoms with E-state index in [1.54, 1.807) is 13.2 Å². The Kier molecular flexibility index (Phi) is 24.8. The molecule has 1 amide bonds. The molecule has 2 fully saturated rings. The fraction of sp³-hybridized carbons (Fsp3) is 0.944. The first-order valence-electron chi connectivity index (χ1n) is 18.6. The van der Waals surface area contributed by atoms with Gasteiger partial charge in [0.2, 0.25) is 5.91 Å². The number of aliphatic hydroxyl groups excluding tert-OH is 3. The lowest BCUT2D eigenvalue weighted by molar-refractivity contribution is -0.205. The van der Waals surface area contributed by atoms with Gasteiger partial charge in [0, 0.05) is 13.0 Å². The lowest BCUT2D eigenvalue weighted by Gasteiger charge is -2.44. The number of rotatable bonds is 23. The number of hydrogen-bond acceptors (Lipinski definition) is 8. The highest BCUT2D eigenvalue weighted by Crippen LogP contribution is 2.31. The number of halogens is 1. The van der Waals surface area contributed by atoms with Gasteiger partial charge in [0.05, 0.1) is 17.5 Å². The second-order valence-corrected chi connectivity index (χ2v) is 15.5. The molecule has 5 N–H and O–H groups in total. The molecule has 0 aliphatic carbocycles. The number of amides is 1. The lowest BCUT2D eigenvalue weighted by atomic mass is 9.92. The minimum Gasteiger partial charge on any atom is -0.481 e. The Bertz CT molecular complexity index is 824. The summed E-state index contributed by atoms with van der Waals surface area (Å²) in [5.41, 5.74) is -0.702. The van der Waals surface area contributed by atoms with Gasteiger partial charge in [-0.1, -0.05) is 110 Å². The molecular formula is C36H69ClN2O7S. The van der Waals surface area contributed by atoms with Crippen LogP contribution in [0.5, 0.6) is 0 Å². The molecule has 0 aromatic carbocycles. The maximum Gasteiger partial charge on any atom is 0.303 e. The third kappa shape index (κ3) is 17.7. The van der Waals surface area contributed by atoms with Crippen molar-refractivity contribution in [2.45, 2.75) is 190 Å². The molecule has 0 saturated carbocycles. The summed E-state index contributed by atoms with van der Waals surface area (Å²) in [6, 6.07) is -0.934. The van der Waals surface area contributed by atoms with E-state index in [1.165, 1.54) is 95.2 Å². The van der Waals surface area contributed by atoms with E-state index in [2.05, 4.69) is 19.2 Å². The summed E-state index contributed by atoms with van der Waals surface area (Å²) in [7, 11) is 1.94. The highest BCUT2D eigenvalue weighted by Gasteiger charge is 2.48. The van der Waals surface area contributed by atoms with Crippen molar-refractivity contribution >= 4 is 35.2 Å². The smallest absolute Gasteiger partial charge is 0.303 e. The number of nitrogens with one attached hydrogen (secondary N) is 1. The third-order valence-electron chi connectivity index (χ3n) is 9.63. The first-order chi connectivity index (χ1) is 22.5. The fourth-order valence-electron chi connectivity index (χ4n) is 6.76. The van der Waals surface area contributed by atoms with Crippen LogP contribution in [0.25, 0.3) is 0 Å². The fourth-order valence-corrected chi connectivity index (χ4v) is 7.65. The molecule has 2 rings (SSSR count). The summed E-state index contributed by atoms with van der Waals surface area (Å²) in [6.07, 6.45) is 20.1. The summed E-state index contributed by atoms with van der Waals surface area (Å²) >= 11 is 7.55. The highest BCUT2D eigenvalue weighted by atomic mass is 35.5. The molecule has 0 bridgehead atoms. The van der Waals surface area contributed by atoms with Crippen LogP contribution in [0.15, 0.2) is 0 Å². The molecule has 2 saturated heterocycles. The van der Waals surface area contributed by atoms with Crippen molar-refractivity contribution in [3.63, 3.8) is 0 Å². The van der Waals surface area contributed by atoms with Gasteiger partial charge in [-0.05, 0) is 45.4 Å². The van der Waals surface area contributed by atoms with E-state index in [0.29, 0.717) is 12.3 Å². The van der Waals surface area contributed by atoms with Crippen LogP contribution < -0.4 is 5.32 Å². The zero-order valence-electron chi connectivity index (χ0n) is 30.1. The highest BCUT2D eigenvalue weighted by molar-refractivity contribution is 7.99. The van der Waals surface area contributed by atoms with E-state index >= 15 is 0 Å². The normalized spacial score (nSPS) is 27.6. The first-order valence-corrected chi connectivity index (χ1v) is 20.3. The van der Waals surface area contributed by atoms with Crippen molar-refractivity contribution in [3.05, 3.63) is 0 Å². The standard InChI is InChI=1S/C18H33ClN2O5S.C18H36O2/c1-5-6-10-7-11(21(3)8-10)17(25)20-12(9(2)19)16-14(23)13(22)15(24)18(26-16)27-4;1-2-3-4-5-6-7-8-9-10-11-12-13-14-15-16-17-18(19)20/h9-16,18,22-24H,5-8H2,1-4H3,(H,20,25);2-17H2,1H3,(H,19,20)/t9-,10+,11-,12+,13-,14+,15+,16+,18+;/m0./s1. The van der Waals surface area contributed by atoms with Gasteiger partial charge in [0.15, 0.2) is 0 Å². The number of carbonyl (C=O) groups is 2. The van der Waals surface area contributed by atoms with E-state index in [9.17, 15) is 24.9 Å². The number of likely N-dealkylation sites (tertiary alicyclic amines) is 1. The van der Waals surface area contributed by atoms with Gasteiger partial charge >= 0.3 is 5.97 Å². The Morgan fingerprint density at radius 2 is 1.36 bits per heavy atom. The second-order valence-electron chi connectivity index (χ2n) is 13.8. The molecule has 11 heteroatoms. The number of likely N-dealkylation sites (N-methyl/N-ethyl adjacent to an activating group) is 1. The summed E-state index contributed by atoms with van der Waals surface area (Å²) in [6.45, 7) is 7.01. The number of nitrogens with zero attached hydrogens (tertiary/aromatic N) is 1. The number of carboxylic acids is 1. The van der Waals surface area contributed by atoms with E-state index in [1.807, 2.05) is 11.9 Å². The van der Waals surface area contributed by atoms with E-state index in [4.69, 9.17) is 21.4 Å². The molecule has 2 heterocycles. The van der Waals surface area contributed by atoms with E-state index in [-0.39, 0.29) is 11.9 Å². The Balaban J connectivity index is 0.000000494. The Morgan fingerprint density at radius 3 is 1.81 bits per heavy atom. The number of alkyl halides is 1. The van der Waals surface area contributed by atoms with Crippen molar-refractivity contribution in [3.8, 4) is 0 Å². The van der Waals surface area contributed by atoms with E-state index in [0.717, 1.165) is 38.6 Å². The average molecular weight is 709 g/mol. The van der Waals surface area contributed by atoms with Gasteiger partial charge in [-0.2, -0.15) is 0 Å². The number of ether oxygens (including phenoxy) is 1. The van der Waals surface area contributed by atoms with Gasteiger partial charge in [-0.15, -0.1) is 23.4 Å². The third-order valence-corrected chi connectivity index (χ3v) is 10.8. The average Bonchev–Trinajstić information content (AvgIpc) is 3.41. The molecule has 278 valence electrons. The maximum atomic E-state index is 12.9. The molecule has 9 atom stereocenters. The van der Waals surface area contributed by atoms with Crippen LogP contribution in [-0.2, 0) is 14.3 Å². The molecule has 0 aromatic rings. The van der Waals surface area contributed by atoms with Crippen molar-refractivity contribution in [1.82, 2.24) is 10.2 Å². The molecule has 47 heavy (non-hydrogen) atoms. The van der Waals surface area contributed by atoms with Crippen LogP contribution >= 0.6 is 23.4 Å². The summed E-state index contributed by atoms with van der Waals surface area (Å²) in [4.78, 5) is 25.3.